The van der Waals surface area contributed by atoms with Gasteiger partial charge in [-0.2, -0.15) is 0 Å². The Kier molecular flexibility index (Phi) is 3.85. The van der Waals surface area contributed by atoms with E-state index in [1.54, 1.807) is 18.2 Å². The lowest BCUT2D eigenvalue weighted by Gasteiger charge is -2.05. The average Bonchev–Trinajstić information content (AvgIpc) is 2.16. The molecule has 0 saturated heterocycles. The Hall–Kier alpha value is -1.36. The lowest BCUT2D eigenvalue weighted by Crippen LogP contribution is -2.27. The molecule has 1 aromatic carbocycles. The first-order valence-corrected chi connectivity index (χ1v) is 4.99. The van der Waals surface area contributed by atoms with Crippen LogP contribution in [0.15, 0.2) is 22.7 Å². The molecule has 0 bridgehead atoms. The van der Waals surface area contributed by atoms with Gasteiger partial charge in [0.2, 0.25) is 5.91 Å². The quantitative estimate of drug-likeness (QED) is 0.892. The number of hydrogen-bond donors (Lipinski definition) is 1. The molecule has 4 nitrogen and oxygen atoms in total. The number of ether oxygens (including phenoxy) is 1. The number of hydrogen-bond acceptors (Lipinski definition) is 3. The van der Waals surface area contributed by atoms with Gasteiger partial charge < -0.3 is 4.74 Å². The van der Waals surface area contributed by atoms with Crippen LogP contribution < -0.4 is 10.1 Å². The van der Waals surface area contributed by atoms with Crippen LogP contribution in [0.2, 0.25) is 0 Å². The van der Waals surface area contributed by atoms with Gasteiger partial charge in [-0.25, -0.2) is 0 Å². The highest BCUT2D eigenvalue weighted by atomic mass is 79.9. The molecule has 5 heteroatoms. The van der Waals surface area contributed by atoms with Gasteiger partial charge in [0.1, 0.15) is 5.75 Å². The van der Waals surface area contributed by atoms with Crippen molar-refractivity contribution in [2.75, 3.05) is 7.11 Å². The Morgan fingerprint density at radius 3 is 2.53 bits per heavy atom. The number of nitrogens with one attached hydrogen (secondary N) is 1. The standard InChI is InChI=1S/C10H10BrNO3/c1-6(13)12-10(14)7-3-4-9(15-2)8(11)5-7/h3-5H,1-2H3,(H,12,13,14). The van der Waals surface area contributed by atoms with E-state index in [2.05, 4.69) is 21.2 Å². The molecule has 0 aromatic heterocycles. The molecule has 0 aliphatic heterocycles. The van der Waals surface area contributed by atoms with Crippen molar-refractivity contribution in [3.05, 3.63) is 28.2 Å². The topological polar surface area (TPSA) is 55.4 Å². The van der Waals surface area contributed by atoms with Gasteiger partial charge in [0.25, 0.3) is 5.91 Å². The molecule has 80 valence electrons. The van der Waals surface area contributed by atoms with E-state index in [0.717, 1.165) is 0 Å². The molecule has 1 rings (SSSR count). The first-order chi connectivity index (χ1) is 7.04. The van der Waals surface area contributed by atoms with E-state index in [9.17, 15) is 9.59 Å². The molecule has 0 aliphatic carbocycles. The third kappa shape index (κ3) is 3.06. The minimum atomic E-state index is -0.425. The third-order valence-corrected chi connectivity index (χ3v) is 2.32. The minimum absolute atomic E-state index is 0.382. The van der Waals surface area contributed by atoms with Crippen LogP contribution in [0, 0.1) is 0 Å². The van der Waals surface area contributed by atoms with Gasteiger partial charge >= 0.3 is 0 Å². The Bertz CT molecular complexity index is 404. The minimum Gasteiger partial charge on any atom is -0.496 e. The Balaban J connectivity index is 2.92. The molecule has 1 aromatic rings. The van der Waals surface area contributed by atoms with Crippen LogP contribution in [-0.2, 0) is 4.79 Å². The second kappa shape index (κ2) is 4.93. The summed E-state index contributed by atoms with van der Waals surface area (Å²) in [5.74, 6) is -0.174. The number of rotatable bonds is 2. The van der Waals surface area contributed by atoms with Crippen LogP contribution >= 0.6 is 15.9 Å². The predicted molar refractivity (Wildman–Crippen MR) is 58.8 cm³/mol. The normalized spacial score (nSPS) is 9.53. The second-order valence-corrected chi connectivity index (χ2v) is 3.71. The molecule has 0 heterocycles. The van der Waals surface area contributed by atoms with Gasteiger partial charge in [0.05, 0.1) is 11.6 Å². The van der Waals surface area contributed by atoms with E-state index in [4.69, 9.17) is 4.74 Å². The molecule has 0 saturated carbocycles. The zero-order chi connectivity index (χ0) is 11.4. The van der Waals surface area contributed by atoms with Gasteiger partial charge in [0.15, 0.2) is 0 Å². The summed E-state index contributed by atoms with van der Waals surface area (Å²) in [5, 5.41) is 2.18. The lowest BCUT2D eigenvalue weighted by atomic mass is 10.2. The van der Waals surface area contributed by atoms with Gasteiger partial charge in [-0.3, -0.25) is 14.9 Å². The maximum Gasteiger partial charge on any atom is 0.257 e. The second-order valence-electron chi connectivity index (χ2n) is 2.86. The smallest absolute Gasteiger partial charge is 0.257 e. The first-order valence-electron chi connectivity index (χ1n) is 4.20. The highest BCUT2D eigenvalue weighted by molar-refractivity contribution is 9.10. The summed E-state index contributed by atoms with van der Waals surface area (Å²) >= 11 is 3.25. The zero-order valence-corrected chi connectivity index (χ0v) is 9.92. The Labute approximate surface area is 95.7 Å². The van der Waals surface area contributed by atoms with E-state index >= 15 is 0 Å². The highest BCUT2D eigenvalue weighted by Crippen LogP contribution is 2.25. The summed E-state index contributed by atoms with van der Waals surface area (Å²) < 4.78 is 5.68. The Morgan fingerprint density at radius 2 is 2.07 bits per heavy atom. The molecule has 0 radical (unpaired) electrons. The fourth-order valence-corrected chi connectivity index (χ4v) is 1.58. The van der Waals surface area contributed by atoms with Gasteiger partial charge in [-0.15, -0.1) is 0 Å². The van der Waals surface area contributed by atoms with Crippen molar-refractivity contribution < 1.29 is 14.3 Å². The van der Waals surface area contributed by atoms with Crippen LogP contribution in [0.5, 0.6) is 5.75 Å². The van der Waals surface area contributed by atoms with Crippen molar-refractivity contribution in [2.24, 2.45) is 0 Å². The molecule has 1 N–H and O–H groups in total. The van der Waals surface area contributed by atoms with Crippen molar-refractivity contribution in [2.45, 2.75) is 6.92 Å². The van der Waals surface area contributed by atoms with Crippen molar-refractivity contribution >= 4 is 27.7 Å². The molecule has 0 atom stereocenters. The summed E-state index contributed by atoms with van der Waals surface area (Å²) in [6.07, 6.45) is 0. The summed E-state index contributed by atoms with van der Waals surface area (Å²) in [6.45, 7) is 1.29. The third-order valence-electron chi connectivity index (χ3n) is 1.70. The van der Waals surface area contributed by atoms with Crippen LogP contribution in [0.1, 0.15) is 17.3 Å². The average molecular weight is 272 g/mol. The van der Waals surface area contributed by atoms with E-state index in [0.29, 0.717) is 15.8 Å². The van der Waals surface area contributed by atoms with E-state index in [1.807, 2.05) is 0 Å². The molecule has 0 aliphatic rings. The predicted octanol–water partition coefficient (Wildman–Crippen LogP) is 1.73. The zero-order valence-electron chi connectivity index (χ0n) is 8.33. The summed E-state index contributed by atoms with van der Waals surface area (Å²) in [4.78, 5) is 22.1. The molecule has 0 spiro atoms. The lowest BCUT2D eigenvalue weighted by molar-refractivity contribution is -0.118. The van der Waals surface area contributed by atoms with Crippen LogP contribution in [0.25, 0.3) is 0 Å². The number of carbonyl (C=O) groups excluding carboxylic acids is 2. The first kappa shape index (κ1) is 11.7. The van der Waals surface area contributed by atoms with E-state index in [-0.39, 0.29) is 5.91 Å². The number of halogens is 1. The van der Waals surface area contributed by atoms with Gasteiger partial charge in [-0.05, 0) is 34.1 Å². The van der Waals surface area contributed by atoms with Crippen LogP contribution in [-0.4, -0.2) is 18.9 Å². The number of methoxy groups -OCH3 is 1. The van der Waals surface area contributed by atoms with E-state index < -0.39 is 5.91 Å². The van der Waals surface area contributed by atoms with Crippen LogP contribution in [0.3, 0.4) is 0 Å². The number of carbonyl (C=O) groups is 2. The maximum absolute atomic E-state index is 11.4. The maximum atomic E-state index is 11.4. The van der Waals surface area contributed by atoms with Gasteiger partial charge in [-0.1, -0.05) is 0 Å². The van der Waals surface area contributed by atoms with Crippen molar-refractivity contribution in [3.8, 4) is 5.75 Å². The van der Waals surface area contributed by atoms with Crippen molar-refractivity contribution in [1.82, 2.24) is 5.32 Å². The summed E-state index contributed by atoms with van der Waals surface area (Å²) in [5.41, 5.74) is 0.401. The fourth-order valence-electron chi connectivity index (χ4n) is 1.04. The largest absolute Gasteiger partial charge is 0.496 e. The molecule has 15 heavy (non-hydrogen) atoms. The number of benzene rings is 1. The molecular formula is C10H10BrNO3. The number of amides is 2. The monoisotopic (exact) mass is 271 g/mol. The number of imide groups is 1. The Morgan fingerprint density at radius 1 is 1.40 bits per heavy atom. The SMILES string of the molecule is COc1ccc(C(=O)NC(C)=O)cc1Br. The molecule has 2 amide bonds. The highest BCUT2D eigenvalue weighted by Gasteiger charge is 2.09. The molecule has 0 fully saturated rings. The van der Waals surface area contributed by atoms with Gasteiger partial charge in [0, 0.05) is 12.5 Å². The van der Waals surface area contributed by atoms with Crippen LogP contribution in [0.4, 0.5) is 0 Å². The molecular weight excluding hydrogens is 262 g/mol. The van der Waals surface area contributed by atoms with Crippen molar-refractivity contribution in [3.63, 3.8) is 0 Å². The molecule has 0 unspecified atom stereocenters. The van der Waals surface area contributed by atoms with Crippen molar-refractivity contribution in [1.29, 1.82) is 0 Å². The summed E-state index contributed by atoms with van der Waals surface area (Å²) in [6, 6.07) is 4.83. The van der Waals surface area contributed by atoms with E-state index in [1.165, 1.54) is 14.0 Å². The summed E-state index contributed by atoms with van der Waals surface area (Å²) in [7, 11) is 1.54. The fraction of sp³-hybridized carbons (Fsp3) is 0.200.